The smallest absolute Gasteiger partial charge is 0.416 e. The predicted molar refractivity (Wildman–Crippen MR) is 162 cm³/mol. The Balaban J connectivity index is 1.16. The average molecular weight is 638 g/mol. The quantitative estimate of drug-likeness (QED) is 0.138. The molecule has 8 nitrogen and oxygen atoms in total. The molecule has 5 rings (SSSR count). The Morgan fingerprint density at radius 1 is 1.00 bits per heavy atom. The number of carbonyl (C=O) groups is 2. The number of nitrogens with one attached hydrogen (secondary N) is 2. The van der Waals surface area contributed by atoms with Gasteiger partial charge in [0.25, 0.3) is 0 Å². The molecular weight excluding hydrogens is 606 g/mol. The first kappa shape index (κ1) is 32.4. The standard InChI is InChI=1S/C34H31F4N3O5/c1-44-33(43)23-9-10-24(30(16-23)39-19-27-13-14-45-27)18-40-31(42)15-21-5-7-22(8-6-21)29-3-2-4-32(41-29)46-20-25-11-12-26(17-28(25)35)34(36,37)38/h2-12,16-17,27,39H,13-15,18-20H2,1H3,(H,40,42)/t27-/m0/s1. The van der Waals surface area contributed by atoms with Gasteiger partial charge in [-0.2, -0.15) is 13.2 Å². The molecule has 1 amide bonds. The summed E-state index contributed by atoms with van der Waals surface area (Å²) in [7, 11) is 1.32. The Morgan fingerprint density at radius 3 is 2.43 bits per heavy atom. The summed E-state index contributed by atoms with van der Waals surface area (Å²) >= 11 is 0. The van der Waals surface area contributed by atoms with Gasteiger partial charge in [0, 0.05) is 42.6 Å². The van der Waals surface area contributed by atoms with Gasteiger partial charge in [-0.3, -0.25) is 4.79 Å². The van der Waals surface area contributed by atoms with E-state index in [1.54, 1.807) is 60.7 Å². The molecule has 1 aliphatic rings. The van der Waals surface area contributed by atoms with Crippen molar-refractivity contribution >= 4 is 17.6 Å². The van der Waals surface area contributed by atoms with Crippen LogP contribution in [0.4, 0.5) is 23.2 Å². The molecular formula is C34H31F4N3O5. The third-order valence-electron chi connectivity index (χ3n) is 7.41. The Morgan fingerprint density at radius 2 is 1.76 bits per heavy atom. The van der Waals surface area contributed by atoms with Crippen molar-refractivity contribution in [2.45, 2.75) is 38.3 Å². The van der Waals surface area contributed by atoms with Gasteiger partial charge in [0.2, 0.25) is 11.8 Å². The van der Waals surface area contributed by atoms with Gasteiger partial charge < -0.3 is 24.8 Å². The molecule has 1 fully saturated rings. The van der Waals surface area contributed by atoms with E-state index in [1.165, 1.54) is 7.11 Å². The third-order valence-corrected chi connectivity index (χ3v) is 7.41. The van der Waals surface area contributed by atoms with Crippen LogP contribution in [0, 0.1) is 5.82 Å². The van der Waals surface area contributed by atoms with Gasteiger partial charge in [-0.1, -0.05) is 42.5 Å². The van der Waals surface area contributed by atoms with E-state index < -0.39 is 23.5 Å². The van der Waals surface area contributed by atoms with Gasteiger partial charge in [0.15, 0.2) is 0 Å². The fourth-order valence-electron chi connectivity index (χ4n) is 4.69. The van der Waals surface area contributed by atoms with Crippen LogP contribution in [0.2, 0.25) is 0 Å². The maximum Gasteiger partial charge on any atom is 0.416 e. The zero-order chi connectivity index (χ0) is 32.7. The molecule has 0 saturated carbocycles. The molecule has 4 aromatic rings. The van der Waals surface area contributed by atoms with Crippen LogP contribution < -0.4 is 15.4 Å². The van der Waals surface area contributed by atoms with Crippen molar-refractivity contribution < 1.29 is 41.4 Å². The van der Waals surface area contributed by atoms with Crippen LogP contribution in [0.15, 0.2) is 78.9 Å². The van der Waals surface area contributed by atoms with E-state index >= 15 is 0 Å². The molecule has 46 heavy (non-hydrogen) atoms. The zero-order valence-corrected chi connectivity index (χ0v) is 24.8. The highest BCUT2D eigenvalue weighted by molar-refractivity contribution is 5.90. The minimum absolute atomic E-state index is 0.0307. The average Bonchev–Trinajstić information content (AvgIpc) is 3.02. The van der Waals surface area contributed by atoms with Gasteiger partial charge in [-0.15, -0.1) is 0 Å². The fraction of sp³-hybridized carbons (Fsp3) is 0.265. The summed E-state index contributed by atoms with van der Waals surface area (Å²) in [5.41, 5.74) is 2.89. The molecule has 1 aliphatic heterocycles. The van der Waals surface area contributed by atoms with Crippen LogP contribution in [0.1, 0.15) is 39.0 Å². The van der Waals surface area contributed by atoms with Crippen LogP contribution in [-0.4, -0.2) is 43.2 Å². The lowest BCUT2D eigenvalue weighted by Gasteiger charge is -2.27. The summed E-state index contributed by atoms with van der Waals surface area (Å²) in [4.78, 5) is 29.2. The van der Waals surface area contributed by atoms with Gasteiger partial charge in [0.05, 0.1) is 36.5 Å². The highest BCUT2D eigenvalue weighted by atomic mass is 19.4. The van der Waals surface area contributed by atoms with E-state index in [0.29, 0.717) is 29.6 Å². The number of hydrogen-bond acceptors (Lipinski definition) is 7. The maximum absolute atomic E-state index is 14.2. The molecule has 240 valence electrons. The largest absolute Gasteiger partial charge is 0.473 e. The number of benzene rings is 3. The molecule has 0 bridgehead atoms. The van der Waals surface area contributed by atoms with Crippen molar-refractivity contribution in [3.63, 3.8) is 0 Å². The van der Waals surface area contributed by atoms with Crippen molar-refractivity contribution in [3.8, 4) is 17.1 Å². The van der Waals surface area contributed by atoms with E-state index in [1.807, 2.05) is 0 Å². The van der Waals surface area contributed by atoms with E-state index in [0.717, 1.165) is 41.9 Å². The number of alkyl halides is 3. The minimum atomic E-state index is -4.64. The number of aromatic nitrogens is 1. The van der Waals surface area contributed by atoms with Crippen LogP contribution in [0.5, 0.6) is 5.88 Å². The molecule has 2 heterocycles. The normalized spacial score (nSPS) is 14.2. The molecule has 1 aromatic heterocycles. The number of amides is 1. The molecule has 2 N–H and O–H groups in total. The Kier molecular flexibility index (Phi) is 10.2. The second-order valence-corrected chi connectivity index (χ2v) is 10.6. The third kappa shape index (κ3) is 8.39. The van der Waals surface area contributed by atoms with Crippen LogP contribution in [0.3, 0.4) is 0 Å². The lowest BCUT2D eigenvalue weighted by Crippen LogP contribution is -2.34. The number of rotatable bonds is 12. The highest BCUT2D eigenvalue weighted by Crippen LogP contribution is 2.30. The number of carbonyl (C=O) groups excluding carboxylic acids is 2. The molecule has 1 atom stereocenters. The molecule has 0 aliphatic carbocycles. The topological polar surface area (TPSA) is 98.8 Å². The molecule has 0 radical (unpaired) electrons. The predicted octanol–water partition coefficient (Wildman–Crippen LogP) is 6.33. The second-order valence-electron chi connectivity index (χ2n) is 10.6. The lowest BCUT2D eigenvalue weighted by atomic mass is 10.1. The van der Waals surface area contributed by atoms with E-state index in [4.69, 9.17) is 14.2 Å². The SMILES string of the molecule is COC(=O)c1ccc(CNC(=O)Cc2ccc(-c3cccc(OCc4ccc(C(F)(F)F)cc4F)n3)cc2)c(NC[C@@H]2CCO2)c1. The number of pyridine rings is 1. The first-order valence-corrected chi connectivity index (χ1v) is 14.5. The number of esters is 1. The van der Waals surface area contributed by atoms with Crippen molar-refractivity contribution in [3.05, 3.63) is 112 Å². The van der Waals surface area contributed by atoms with Crippen molar-refractivity contribution in [2.75, 3.05) is 25.6 Å². The molecule has 12 heteroatoms. The van der Waals surface area contributed by atoms with E-state index in [9.17, 15) is 27.2 Å². The summed E-state index contributed by atoms with van der Waals surface area (Å²) in [5, 5.41) is 6.23. The summed E-state index contributed by atoms with van der Waals surface area (Å²) in [6, 6.07) is 19.6. The van der Waals surface area contributed by atoms with Crippen molar-refractivity contribution in [1.29, 1.82) is 0 Å². The van der Waals surface area contributed by atoms with Crippen molar-refractivity contribution in [2.24, 2.45) is 0 Å². The first-order chi connectivity index (χ1) is 22.1. The number of halogens is 4. The number of ether oxygens (including phenoxy) is 3. The Bertz CT molecular complexity index is 1690. The van der Waals surface area contributed by atoms with Crippen molar-refractivity contribution in [1.82, 2.24) is 10.3 Å². The lowest BCUT2D eigenvalue weighted by molar-refractivity contribution is -0.137. The molecule has 3 aromatic carbocycles. The van der Waals surface area contributed by atoms with Gasteiger partial charge in [-0.05, 0) is 47.9 Å². The zero-order valence-electron chi connectivity index (χ0n) is 24.8. The van der Waals surface area contributed by atoms with Crippen LogP contribution in [-0.2, 0) is 40.0 Å². The monoisotopic (exact) mass is 637 g/mol. The second kappa shape index (κ2) is 14.4. The molecule has 1 saturated heterocycles. The number of hydrogen-bond donors (Lipinski definition) is 2. The number of nitrogens with zero attached hydrogens (tertiary/aromatic N) is 1. The van der Waals surface area contributed by atoms with E-state index in [-0.39, 0.29) is 43.0 Å². The molecule has 0 spiro atoms. The number of methoxy groups -OCH3 is 1. The van der Waals surface area contributed by atoms with Gasteiger partial charge in [-0.25, -0.2) is 14.2 Å². The Hall–Kier alpha value is -4.97. The Labute approximate surface area is 262 Å². The van der Waals surface area contributed by atoms with Crippen LogP contribution in [0.25, 0.3) is 11.3 Å². The summed E-state index contributed by atoms with van der Waals surface area (Å²) in [6.07, 6.45) is -3.44. The van der Waals surface area contributed by atoms with E-state index in [2.05, 4.69) is 15.6 Å². The van der Waals surface area contributed by atoms with Gasteiger partial charge >= 0.3 is 12.1 Å². The molecule has 0 unspecified atom stereocenters. The van der Waals surface area contributed by atoms with Crippen LogP contribution >= 0.6 is 0 Å². The first-order valence-electron chi connectivity index (χ1n) is 14.5. The highest BCUT2D eigenvalue weighted by Gasteiger charge is 2.31. The summed E-state index contributed by atoms with van der Waals surface area (Å²) in [5.74, 6) is -1.49. The summed E-state index contributed by atoms with van der Waals surface area (Å²) in [6.45, 7) is 1.27. The summed E-state index contributed by atoms with van der Waals surface area (Å²) < 4.78 is 68.4. The minimum Gasteiger partial charge on any atom is -0.473 e. The van der Waals surface area contributed by atoms with Gasteiger partial charge in [0.1, 0.15) is 12.4 Å². The number of anilines is 1. The maximum atomic E-state index is 14.2. The fourth-order valence-corrected chi connectivity index (χ4v) is 4.69.